The lowest BCUT2D eigenvalue weighted by atomic mass is 10.1. The van der Waals surface area contributed by atoms with E-state index >= 15 is 0 Å². The Kier molecular flexibility index (Phi) is 8.37. The van der Waals surface area contributed by atoms with Gasteiger partial charge in [0.15, 0.2) is 11.5 Å². The molecule has 0 saturated carbocycles. The maximum atomic E-state index is 11.9. The zero-order valence-corrected chi connectivity index (χ0v) is 21.9. The first-order valence-electron chi connectivity index (χ1n) is 13.1. The third kappa shape index (κ3) is 6.04. The van der Waals surface area contributed by atoms with E-state index in [1.54, 1.807) is 17.0 Å². The summed E-state index contributed by atoms with van der Waals surface area (Å²) in [6.07, 6.45) is 2.81. The Labute approximate surface area is 225 Å². The van der Waals surface area contributed by atoms with Gasteiger partial charge in [0.05, 0.1) is 44.6 Å². The van der Waals surface area contributed by atoms with Crippen molar-refractivity contribution in [3.05, 3.63) is 30.5 Å². The quantitative estimate of drug-likeness (QED) is 0.430. The van der Waals surface area contributed by atoms with Crippen LogP contribution in [-0.4, -0.2) is 102 Å². The lowest BCUT2D eigenvalue weighted by molar-refractivity contribution is 0.106. The molecule has 2 aliphatic heterocycles. The Morgan fingerprint density at radius 1 is 1.10 bits per heavy atom. The molecule has 0 bridgehead atoms. The van der Waals surface area contributed by atoms with Gasteiger partial charge < -0.3 is 29.1 Å². The number of anilines is 2. The van der Waals surface area contributed by atoms with E-state index in [-0.39, 0.29) is 25.3 Å². The highest BCUT2D eigenvalue weighted by Gasteiger charge is 2.28. The molecule has 0 radical (unpaired) electrons. The maximum Gasteiger partial charge on any atom is 0.411 e. The van der Waals surface area contributed by atoms with E-state index in [0.717, 1.165) is 48.3 Å². The topological polar surface area (TPSA) is 144 Å². The number of carbonyl (C=O) groups excluding carboxylic acids is 2. The molecule has 13 heteroatoms. The summed E-state index contributed by atoms with van der Waals surface area (Å²) in [4.78, 5) is 37.7. The molecule has 2 aliphatic rings. The summed E-state index contributed by atoms with van der Waals surface area (Å²) in [5.41, 5.74) is 2.11. The summed E-state index contributed by atoms with van der Waals surface area (Å²) in [6.45, 7) is 3.96. The van der Waals surface area contributed by atoms with Crippen molar-refractivity contribution in [2.24, 2.45) is 0 Å². The van der Waals surface area contributed by atoms with Crippen molar-refractivity contribution in [2.75, 3.05) is 69.9 Å². The highest BCUT2D eigenvalue weighted by atomic mass is 16.5. The highest BCUT2D eigenvalue weighted by molar-refractivity contribution is 5.89. The van der Waals surface area contributed by atoms with E-state index < -0.39 is 6.09 Å². The molecular formula is C26H33N7O6. The van der Waals surface area contributed by atoms with Crippen LogP contribution in [0.3, 0.4) is 0 Å². The average Bonchev–Trinajstić information content (AvgIpc) is 3.41. The van der Waals surface area contributed by atoms with Crippen molar-refractivity contribution in [3.8, 4) is 11.4 Å². The normalized spacial score (nSPS) is 16.4. The second kappa shape index (κ2) is 12.3. The molecule has 2 amide bonds. The molecule has 208 valence electrons. The third-order valence-corrected chi connectivity index (χ3v) is 6.91. The lowest BCUT2D eigenvalue weighted by Crippen LogP contribution is -2.39. The summed E-state index contributed by atoms with van der Waals surface area (Å²) < 4.78 is 17.4. The number of benzene rings is 1. The maximum absolute atomic E-state index is 11.9. The minimum absolute atomic E-state index is 0.0374. The van der Waals surface area contributed by atoms with Crippen LogP contribution in [0.15, 0.2) is 30.5 Å². The Morgan fingerprint density at radius 3 is 2.54 bits per heavy atom. The van der Waals surface area contributed by atoms with Crippen LogP contribution in [0.4, 0.5) is 21.1 Å². The number of rotatable bonds is 7. The summed E-state index contributed by atoms with van der Waals surface area (Å²) in [7, 11) is 1.40. The molecule has 2 aromatic heterocycles. The van der Waals surface area contributed by atoms with Crippen LogP contribution in [0.5, 0.6) is 0 Å². The summed E-state index contributed by atoms with van der Waals surface area (Å²) in [6, 6.07) is 7.33. The van der Waals surface area contributed by atoms with Gasteiger partial charge in [0.2, 0.25) is 0 Å². The highest BCUT2D eigenvalue weighted by Crippen LogP contribution is 2.32. The SMILES string of the molecule is COC(=O)N1CCC(n2ncc3c(N4CCOCC4)nc(-c4ccc(NC(=O)OCCCO)cc4)nc32)CC1. The van der Waals surface area contributed by atoms with Gasteiger partial charge >= 0.3 is 12.2 Å². The Bertz CT molecular complexity index is 1280. The van der Waals surface area contributed by atoms with Gasteiger partial charge in [-0.1, -0.05) is 0 Å². The first-order chi connectivity index (χ1) is 19.1. The molecule has 5 rings (SSSR count). The number of amides is 2. The van der Waals surface area contributed by atoms with Crippen molar-refractivity contribution in [3.63, 3.8) is 0 Å². The van der Waals surface area contributed by atoms with Gasteiger partial charge in [-0.05, 0) is 37.1 Å². The van der Waals surface area contributed by atoms with Crippen LogP contribution >= 0.6 is 0 Å². The third-order valence-electron chi connectivity index (χ3n) is 6.91. The predicted molar refractivity (Wildman–Crippen MR) is 143 cm³/mol. The van der Waals surface area contributed by atoms with E-state index in [9.17, 15) is 9.59 Å². The second-order valence-corrected chi connectivity index (χ2v) is 9.40. The van der Waals surface area contributed by atoms with E-state index in [1.165, 1.54) is 7.11 Å². The number of hydrogen-bond acceptors (Lipinski definition) is 10. The van der Waals surface area contributed by atoms with Crippen LogP contribution in [0.2, 0.25) is 0 Å². The first-order valence-corrected chi connectivity index (χ1v) is 13.1. The molecule has 2 N–H and O–H groups in total. The molecule has 1 aromatic carbocycles. The van der Waals surface area contributed by atoms with Crippen LogP contribution in [0.25, 0.3) is 22.4 Å². The van der Waals surface area contributed by atoms with Gasteiger partial charge in [0.1, 0.15) is 5.82 Å². The lowest BCUT2D eigenvalue weighted by Gasteiger charge is -2.31. The van der Waals surface area contributed by atoms with Crippen LogP contribution in [-0.2, 0) is 14.2 Å². The average molecular weight is 540 g/mol. The first kappa shape index (κ1) is 26.6. The number of fused-ring (bicyclic) bond motifs is 1. The Balaban J connectivity index is 1.42. The number of ether oxygens (including phenoxy) is 3. The predicted octanol–water partition coefficient (Wildman–Crippen LogP) is 2.66. The molecule has 39 heavy (non-hydrogen) atoms. The van der Waals surface area contributed by atoms with Gasteiger partial charge in [-0.15, -0.1) is 0 Å². The summed E-state index contributed by atoms with van der Waals surface area (Å²) in [5.74, 6) is 1.36. The molecule has 3 aromatic rings. The molecule has 13 nitrogen and oxygen atoms in total. The number of nitrogens with one attached hydrogen (secondary N) is 1. The number of nitrogens with zero attached hydrogens (tertiary/aromatic N) is 6. The number of piperidine rings is 1. The van der Waals surface area contributed by atoms with Crippen LogP contribution in [0, 0.1) is 0 Å². The zero-order chi connectivity index (χ0) is 27.2. The molecule has 4 heterocycles. The number of aromatic nitrogens is 4. The van der Waals surface area contributed by atoms with Gasteiger partial charge in [-0.3, -0.25) is 5.32 Å². The number of carbonyl (C=O) groups is 2. The van der Waals surface area contributed by atoms with E-state index in [4.69, 9.17) is 34.4 Å². The molecule has 2 fully saturated rings. The summed E-state index contributed by atoms with van der Waals surface area (Å²) in [5, 5.41) is 17.1. The van der Waals surface area contributed by atoms with Crippen molar-refractivity contribution < 1.29 is 28.9 Å². The van der Waals surface area contributed by atoms with Crippen molar-refractivity contribution >= 4 is 34.7 Å². The van der Waals surface area contributed by atoms with Gasteiger partial charge in [-0.2, -0.15) is 5.10 Å². The zero-order valence-electron chi connectivity index (χ0n) is 21.9. The molecule has 0 spiro atoms. The fraction of sp³-hybridized carbons (Fsp3) is 0.500. The molecular weight excluding hydrogens is 506 g/mol. The van der Waals surface area contributed by atoms with Crippen molar-refractivity contribution in [1.82, 2.24) is 24.6 Å². The summed E-state index contributed by atoms with van der Waals surface area (Å²) >= 11 is 0. The van der Waals surface area contributed by atoms with E-state index in [0.29, 0.717) is 44.2 Å². The minimum Gasteiger partial charge on any atom is -0.453 e. The fourth-order valence-corrected chi connectivity index (χ4v) is 4.83. The number of aliphatic hydroxyl groups is 1. The molecule has 0 atom stereocenters. The molecule has 2 saturated heterocycles. The van der Waals surface area contributed by atoms with Crippen LogP contribution < -0.4 is 10.2 Å². The molecule has 0 aliphatic carbocycles. The van der Waals surface area contributed by atoms with Crippen molar-refractivity contribution in [1.29, 1.82) is 0 Å². The number of hydrogen-bond donors (Lipinski definition) is 2. The monoisotopic (exact) mass is 539 g/mol. The van der Waals surface area contributed by atoms with Gasteiger partial charge in [-0.25, -0.2) is 24.2 Å². The Morgan fingerprint density at radius 2 is 1.85 bits per heavy atom. The van der Waals surface area contributed by atoms with Crippen molar-refractivity contribution in [2.45, 2.75) is 25.3 Å². The number of morpholine rings is 1. The van der Waals surface area contributed by atoms with E-state index in [2.05, 4.69) is 10.2 Å². The molecule has 0 unspecified atom stereocenters. The van der Waals surface area contributed by atoms with Crippen LogP contribution in [0.1, 0.15) is 25.3 Å². The van der Waals surface area contributed by atoms with Gasteiger partial charge in [0, 0.05) is 50.5 Å². The number of likely N-dealkylation sites (tertiary alicyclic amines) is 1. The van der Waals surface area contributed by atoms with E-state index in [1.807, 2.05) is 23.0 Å². The standard InChI is InChI=1S/C26H33N7O6/c1-37-26(36)32-9-7-20(8-10-32)33-24-21(17-27-33)23(31-11-15-38-16-12-31)29-22(30-24)18-3-5-19(6-4-18)28-25(35)39-14-2-13-34/h3-6,17,20,34H,2,7-16H2,1H3,(H,28,35). The second-order valence-electron chi connectivity index (χ2n) is 9.40. The fourth-order valence-electron chi connectivity index (χ4n) is 4.83. The number of methoxy groups -OCH3 is 1. The minimum atomic E-state index is -0.578. The number of aliphatic hydroxyl groups excluding tert-OH is 1. The largest absolute Gasteiger partial charge is 0.453 e. The Hall–Kier alpha value is -3.97. The van der Waals surface area contributed by atoms with Gasteiger partial charge in [0.25, 0.3) is 0 Å². The smallest absolute Gasteiger partial charge is 0.411 e.